The molecule has 0 spiro atoms. The quantitative estimate of drug-likeness (QED) is 0.919. The first kappa shape index (κ1) is 17.4. The number of benzene rings is 1. The number of carbonyl (C=O) groups is 1. The lowest BCUT2D eigenvalue weighted by Crippen LogP contribution is -2.57. The van der Waals surface area contributed by atoms with E-state index in [1.807, 2.05) is 0 Å². The number of nitrogens with zero attached hydrogens (tertiary/aromatic N) is 2. The lowest BCUT2D eigenvalue weighted by atomic mass is 9.89. The molecule has 0 bridgehead atoms. The van der Waals surface area contributed by atoms with E-state index in [1.165, 1.54) is 24.8 Å². The summed E-state index contributed by atoms with van der Waals surface area (Å²) in [5.74, 6) is 1.06. The average Bonchev–Trinajstić information content (AvgIpc) is 2.62. The third-order valence-corrected chi connectivity index (χ3v) is 5.71. The Labute approximate surface area is 146 Å². The van der Waals surface area contributed by atoms with Gasteiger partial charge >= 0.3 is 0 Å². The van der Waals surface area contributed by atoms with Gasteiger partial charge in [-0.15, -0.1) is 0 Å². The predicted molar refractivity (Wildman–Crippen MR) is 97.9 cm³/mol. The van der Waals surface area contributed by atoms with Crippen LogP contribution in [0.2, 0.25) is 0 Å². The molecule has 1 aromatic rings. The molecule has 2 saturated heterocycles. The van der Waals surface area contributed by atoms with Crippen LogP contribution in [0.1, 0.15) is 32.3 Å². The molecule has 0 saturated carbocycles. The first-order valence-corrected chi connectivity index (χ1v) is 9.44. The third kappa shape index (κ3) is 4.17. The summed E-state index contributed by atoms with van der Waals surface area (Å²) in [5.41, 5.74) is 1.44. The first-order chi connectivity index (χ1) is 11.6. The fourth-order valence-corrected chi connectivity index (χ4v) is 4.06. The Kier molecular flexibility index (Phi) is 5.90. The van der Waals surface area contributed by atoms with Gasteiger partial charge in [-0.1, -0.05) is 30.3 Å². The fraction of sp³-hybridized carbons (Fsp3) is 0.650. The molecule has 1 amide bonds. The van der Waals surface area contributed by atoms with Crippen LogP contribution in [0.25, 0.3) is 0 Å². The van der Waals surface area contributed by atoms with E-state index in [9.17, 15) is 4.79 Å². The van der Waals surface area contributed by atoms with Crippen LogP contribution in [0.4, 0.5) is 0 Å². The number of nitrogens with one attached hydrogen (secondary N) is 1. The molecule has 2 atom stereocenters. The molecule has 0 radical (unpaired) electrons. The maximum atomic E-state index is 12.8. The van der Waals surface area contributed by atoms with Crippen molar-refractivity contribution < 1.29 is 4.79 Å². The molecule has 3 rings (SSSR count). The van der Waals surface area contributed by atoms with Gasteiger partial charge in [0.2, 0.25) is 5.91 Å². The molecule has 132 valence electrons. The zero-order valence-electron chi connectivity index (χ0n) is 15.1. The molecule has 24 heavy (non-hydrogen) atoms. The van der Waals surface area contributed by atoms with Crippen molar-refractivity contribution in [2.45, 2.75) is 45.2 Å². The summed E-state index contributed by atoms with van der Waals surface area (Å²) < 4.78 is 0. The summed E-state index contributed by atoms with van der Waals surface area (Å²) in [6.45, 7) is 9.00. The maximum Gasteiger partial charge on any atom is 0.239 e. The van der Waals surface area contributed by atoms with Crippen molar-refractivity contribution in [3.05, 3.63) is 35.9 Å². The number of likely N-dealkylation sites (tertiary alicyclic amines) is 1. The van der Waals surface area contributed by atoms with Crippen LogP contribution in [0.5, 0.6) is 0 Å². The Morgan fingerprint density at radius 1 is 1.21 bits per heavy atom. The highest BCUT2D eigenvalue weighted by molar-refractivity contribution is 5.82. The van der Waals surface area contributed by atoms with Gasteiger partial charge < -0.3 is 10.2 Å². The Morgan fingerprint density at radius 3 is 2.58 bits per heavy atom. The highest BCUT2D eigenvalue weighted by Crippen LogP contribution is 2.23. The maximum absolute atomic E-state index is 12.8. The Bertz CT molecular complexity index is 525. The van der Waals surface area contributed by atoms with Crippen LogP contribution in [-0.2, 0) is 11.2 Å². The summed E-state index contributed by atoms with van der Waals surface area (Å²) in [5, 5.41) is 3.36. The number of amides is 1. The zero-order chi connectivity index (χ0) is 16.9. The third-order valence-electron chi connectivity index (χ3n) is 5.71. The van der Waals surface area contributed by atoms with Crippen molar-refractivity contribution in [2.75, 3.05) is 32.7 Å². The van der Waals surface area contributed by atoms with Crippen molar-refractivity contribution in [2.24, 2.45) is 5.92 Å². The number of hydrogen-bond donors (Lipinski definition) is 1. The molecule has 4 heteroatoms. The standard InChI is InChI=1S/C20H31N3O/c1-16-15-21-10-13-23(16)20(24)17(2)22-11-8-19(9-12-22)14-18-6-4-3-5-7-18/h3-7,16-17,19,21H,8-15H2,1-2H3/t16-,17?/m0/s1. The van der Waals surface area contributed by atoms with Crippen molar-refractivity contribution in [1.82, 2.24) is 15.1 Å². The molecule has 1 aromatic carbocycles. The minimum atomic E-state index is 0.0169. The van der Waals surface area contributed by atoms with E-state index in [4.69, 9.17) is 0 Å². The first-order valence-electron chi connectivity index (χ1n) is 9.44. The van der Waals surface area contributed by atoms with Crippen LogP contribution in [0, 0.1) is 5.92 Å². The van der Waals surface area contributed by atoms with Crippen molar-refractivity contribution >= 4 is 5.91 Å². The average molecular weight is 329 g/mol. The second-order valence-electron chi connectivity index (χ2n) is 7.43. The molecule has 2 aliphatic heterocycles. The van der Waals surface area contributed by atoms with Gasteiger partial charge in [0, 0.05) is 25.7 Å². The largest absolute Gasteiger partial charge is 0.336 e. The molecule has 2 fully saturated rings. The molecule has 1 N–H and O–H groups in total. The van der Waals surface area contributed by atoms with Crippen LogP contribution < -0.4 is 5.32 Å². The van der Waals surface area contributed by atoms with Gasteiger partial charge in [0.25, 0.3) is 0 Å². The van der Waals surface area contributed by atoms with Crippen LogP contribution in [-0.4, -0.2) is 60.5 Å². The van der Waals surface area contributed by atoms with E-state index in [0.29, 0.717) is 11.9 Å². The van der Waals surface area contributed by atoms with Gasteiger partial charge in [0.05, 0.1) is 6.04 Å². The zero-order valence-corrected chi connectivity index (χ0v) is 15.1. The summed E-state index contributed by atoms with van der Waals surface area (Å²) in [4.78, 5) is 17.3. The molecule has 0 aromatic heterocycles. The minimum absolute atomic E-state index is 0.0169. The lowest BCUT2D eigenvalue weighted by molar-refractivity contribution is -0.139. The molecule has 2 aliphatic rings. The predicted octanol–water partition coefficient (Wildman–Crippen LogP) is 2.15. The Hall–Kier alpha value is -1.39. The van der Waals surface area contributed by atoms with E-state index >= 15 is 0 Å². The van der Waals surface area contributed by atoms with Crippen molar-refractivity contribution in [3.63, 3.8) is 0 Å². The monoisotopic (exact) mass is 329 g/mol. The number of carbonyl (C=O) groups excluding carboxylic acids is 1. The van der Waals surface area contributed by atoms with Gasteiger partial charge in [-0.05, 0) is 57.7 Å². The number of piperidine rings is 1. The highest BCUT2D eigenvalue weighted by atomic mass is 16.2. The Morgan fingerprint density at radius 2 is 1.92 bits per heavy atom. The fourth-order valence-electron chi connectivity index (χ4n) is 4.06. The SMILES string of the molecule is CC(C(=O)N1CCNC[C@@H]1C)N1CCC(Cc2ccccc2)CC1. The van der Waals surface area contributed by atoms with E-state index in [2.05, 4.69) is 59.3 Å². The van der Waals surface area contributed by atoms with Crippen molar-refractivity contribution in [1.29, 1.82) is 0 Å². The molecule has 0 aliphatic carbocycles. The highest BCUT2D eigenvalue weighted by Gasteiger charge is 2.32. The minimum Gasteiger partial charge on any atom is -0.336 e. The van der Waals surface area contributed by atoms with Crippen LogP contribution in [0.15, 0.2) is 30.3 Å². The summed E-state index contributed by atoms with van der Waals surface area (Å²) in [6.07, 6.45) is 3.57. The normalized spacial score (nSPS) is 24.8. The molecule has 1 unspecified atom stereocenters. The van der Waals surface area contributed by atoms with E-state index < -0.39 is 0 Å². The lowest BCUT2D eigenvalue weighted by Gasteiger charge is -2.40. The second-order valence-corrected chi connectivity index (χ2v) is 7.43. The van der Waals surface area contributed by atoms with Gasteiger partial charge in [-0.25, -0.2) is 0 Å². The topological polar surface area (TPSA) is 35.6 Å². The van der Waals surface area contributed by atoms with Gasteiger partial charge in [0.15, 0.2) is 0 Å². The Balaban J connectivity index is 1.49. The van der Waals surface area contributed by atoms with Crippen molar-refractivity contribution in [3.8, 4) is 0 Å². The van der Waals surface area contributed by atoms with Crippen LogP contribution >= 0.6 is 0 Å². The van der Waals surface area contributed by atoms with Crippen LogP contribution in [0.3, 0.4) is 0 Å². The van der Waals surface area contributed by atoms with E-state index in [-0.39, 0.29) is 6.04 Å². The second kappa shape index (κ2) is 8.13. The number of rotatable bonds is 4. The molecule has 4 nitrogen and oxygen atoms in total. The molecular weight excluding hydrogens is 298 g/mol. The smallest absolute Gasteiger partial charge is 0.239 e. The van der Waals surface area contributed by atoms with E-state index in [0.717, 1.165) is 38.6 Å². The van der Waals surface area contributed by atoms with E-state index in [1.54, 1.807) is 0 Å². The van der Waals surface area contributed by atoms with Gasteiger partial charge in [-0.2, -0.15) is 0 Å². The summed E-state index contributed by atoms with van der Waals surface area (Å²) >= 11 is 0. The number of piperazine rings is 1. The summed E-state index contributed by atoms with van der Waals surface area (Å²) in [6, 6.07) is 11.1. The van der Waals surface area contributed by atoms with Gasteiger partial charge in [0.1, 0.15) is 0 Å². The van der Waals surface area contributed by atoms with Gasteiger partial charge in [-0.3, -0.25) is 9.69 Å². The number of hydrogen-bond acceptors (Lipinski definition) is 3. The molecular formula is C20H31N3O. The summed E-state index contributed by atoms with van der Waals surface area (Å²) in [7, 11) is 0. The molecule has 2 heterocycles.